The molecule has 0 radical (unpaired) electrons. The third-order valence-electron chi connectivity index (χ3n) is 13.9. The van der Waals surface area contributed by atoms with E-state index in [2.05, 4.69) is 117 Å². The van der Waals surface area contributed by atoms with Crippen LogP contribution in [0.2, 0.25) is 0 Å². The third kappa shape index (κ3) is 5.56. The molecular weight excluding hydrogens is 853 g/mol. The monoisotopic (exact) mass is 900 g/mol. The number of para-hydroxylation sites is 8. The minimum atomic E-state index is -0.527. The molecule has 0 saturated carbocycles. The molecule has 0 aliphatic rings. The van der Waals surface area contributed by atoms with Gasteiger partial charge in [-0.2, -0.15) is 0 Å². The summed E-state index contributed by atoms with van der Waals surface area (Å²) in [6.07, 6.45) is 0. The predicted molar refractivity (Wildman–Crippen MR) is 290 cm³/mol. The van der Waals surface area contributed by atoms with E-state index in [0.717, 1.165) is 87.9 Å². The molecule has 0 unspecified atom stereocenters. The summed E-state index contributed by atoms with van der Waals surface area (Å²) in [7, 11) is 0. The van der Waals surface area contributed by atoms with Gasteiger partial charge in [-0.15, -0.1) is 0 Å². The number of benzene rings is 10. The topological polar surface area (TPSA) is 45.5 Å². The number of hydrogen-bond donors (Lipinski definition) is 0. The van der Waals surface area contributed by atoms with Crippen LogP contribution in [0.3, 0.4) is 0 Å². The van der Waals surface area contributed by atoms with Gasteiger partial charge in [-0.25, -0.2) is 9.97 Å². The Hall–Kier alpha value is -9.52. The Balaban J connectivity index is 1.14. The lowest BCUT2D eigenvalue weighted by molar-refractivity contribution is 0.991. The van der Waals surface area contributed by atoms with E-state index in [1.165, 1.54) is 4.57 Å². The molecule has 0 aliphatic carbocycles. The van der Waals surface area contributed by atoms with E-state index < -0.39 is 48.3 Å². The van der Waals surface area contributed by atoms with Crippen LogP contribution in [0.25, 0.3) is 133 Å². The highest BCUT2D eigenvalue weighted by Crippen LogP contribution is 2.44. The van der Waals surface area contributed by atoms with Crippen molar-refractivity contribution in [2.24, 2.45) is 0 Å². The van der Waals surface area contributed by atoms with Crippen molar-refractivity contribution < 1.29 is 11.0 Å². The van der Waals surface area contributed by atoms with Gasteiger partial charge >= 0.3 is 0 Å². The first-order chi connectivity index (χ1) is 38.1. The molecule has 0 bridgehead atoms. The Kier molecular flexibility index (Phi) is 6.74. The van der Waals surface area contributed by atoms with E-state index in [1.807, 2.05) is 84.9 Å². The van der Waals surface area contributed by atoms with Crippen molar-refractivity contribution in [3.63, 3.8) is 0 Å². The zero-order valence-corrected chi connectivity index (χ0v) is 37.2. The maximum Gasteiger partial charge on any atom is 0.166 e. The third-order valence-corrected chi connectivity index (χ3v) is 13.9. The first kappa shape index (κ1) is 31.5. The number of rotatable bonds is 6. The second kappa shape index (κ2) is 15.0. The van der Waals surface area contributed by atoms with Crippen molar-refractivity contribution in [2.75, 3.05) is 0 Å². The van der Waals surface area contributed by atoms with Crippen LogP contribution in [0.5, 0.6) is 0 Å². The number of hydrogen-bond acceptors (Lipinski definition) is 2. The van der Waals surface area contributed by atoms with E-state index in [4.69, 9.17) is 15.5 Å². The highest BCUT2D eigenvalue weighted by molar-refractivity contribution is 6.13. The zero-order chi connectivity index (χ0) is 52.8. The van der Waals surface area contributed by atoms with Gasteiger partial charge in [0.25, 0.3) is 0 Å². The molecule has 10 aromatic carbocycles. The van der Waals surface area contributed by atoms with Crippen LogP contribution in [-0.4, -0.2) is 28.2 Å². The zero-order valence-electron chi connectivity index (χ0n) is 45.2. The molecule has 0 saturated heterocycles. The Morgan fingerprint density at radius 2 is 0.757 bits per heavy atom. The van der Waals surface area contributed by atoms with E-state index >= 15 is 0 Å². The van der Waals surface area contributed by atoms with Gasteiger partial charge in [-0.3, -0.25) is 9.13 Å². The first-order valence-corrected chi connectivity index (χ1v) is 23.2. The summed E-state index contributed by atoms with van der Waals surface area (Å²) in [5, 5.41) is 6.14. The first-order valence-electron chi connectivity index (χ1n) is 27.2. The lowest BCUT2D eigenvalue weighted by Gasteiger charge is -2.20. The van der Waals surface area contributed by atoms with Crippen molar-refractivity contribution in [2.45, 2.75) is 0 Å². The van der Waals surface area contributed by atoms with Crippen LogP contribution >= 0.6 is 0 Å². The second-order valence-electron chi connectivity index (χ2n) is 17.5. The molecule has 70 heavy (non-hydrogen) atoms. The maximum absolute atomic E-state index is 9.56. The number of fused-ring (bicyclic) bond motifs is 12. The van der Waals surface area contributed by atoms with Crippen molar-refractivity contribution in [1.29, 1.82) is 0 Å². The van der Waals surface area contributed by atoms with E-state index in [1.54, 1.807) is 6.07 Å². The van der Waals surface area contributed by atoms with Gasteiger partial charge in [0, 0.05) is 54.8 Å². The van der Waals surface area contributed by atoms with Crippen molar-refractivity contribution >= 4 is 87.2 Å². The Labute approximate surface area is 413 Å². The van der Waals surface area contributed by atoms with Crippen molar-refractivity contribution in [3.05, 3.63) is 242 Å². The fourth-order valence-electron chi connectivity index (χ4n) is 11.0. The highest BCUT2D eigenvalue weighted by Gasteiger charge is 2.25. The molecule has 15 rings (SSSR count). The fraction of sp³-hybridized carbons (Fsp3) is 0. The minimum Gasteiger partial charge on any atom is -0.309 e. The molecule has 0 aliphatic heterocycles. The van der Waals surface area contributed by atoms with Gasteiger partial charge in [-0.05, 0) is 77.8 Å². The van der Waals surface area contributed by atoms with Crippen LogP contribution in [-0.2, 0) is 0 Å². The Bertz CT molecular complexity index is 4910. The van der Waals surface area contributed by atoms with Crippen LogP contribution in [0.1, 0.15) is 11.0 Å². The minimum absolute atomic E-state index is 0.0454. The van der Waals surface area contributed by atoms with Gasteiger partial charge in [0.15, 0.2) is 5.82 Å². The maximum atomic E-state index is 9.56. The summed E-state index contributed by atoms with van der Waals surface area (Å²) >= 11 is 0. The quantitative estimate of drug-likeness (QED) is 0.167. The molecule has 0 fully saturated rings. The van der Waals surface area contributed by atoms with E-state index in [-0.39, 0.29) is 33.4 Å². The molecule has 0 atom stereocenters. The van der Waals surface area contributed by atoms with Gasteiger partial charge in [-0.1, -0.05) is 170 Å². The van der Waals surface area contributed by atoms with Crippen LogP contribution in [0, 0.1) is 0 Å². The molecule has 0 spiro atoms. The van der Waals surface area contributed by atoms with Gasteiger partial charge < -0.3 is 9.13 Å². The van der Waals surface area contributed by atoms with E-state index in [0.29, 0.717) is 11.4 Å². The summed E-state index contributed by atoms with van der Waals surface area (Å²) in [6.45, 7) is 0. The predicted octanol–water partition coefficient (Wildman–Crippen LogP) is 16.2. The molecular formula is C64H40N6. The van der Waals surface area contributed by atoms with Crippen LogP contribution in [0.4, 0.5) is 0 Å². The normalized spacial score (nSPS) is 13.6. The second-order valence-corrected chi connectivity index (χ2v) is 17.5. The molecule has 0 amide bonds. The van der Waals surface area contributed by atoms with Crippen molar-refractivity contribution in [1.82, 2.24) is 28.2 Å². The summed E-state index contributed by atoms with van der Waals surface area (Å²) < 4.78 is 81.5. The lowest BCUT2D eigenvalue weighted by atomic mass is 9.96. The Morgan fingerprint density at radius 3 is 1.30 bits per heavy atom. The molecule has 326 valence electrons. The SMILES string of the molecule is [2H]c1c([2H])c([2H])c2c(c1[2H])c1c([2H])c([2H])c([2H])c([2H])c1n2-c1cc(-n2c3ccccc3c3ccccc32)nc(-c2c(-c3ccc4c5ccccc5n(-c5ccccc5)c4c3)cccc2-n2c3ccccc3c3ccccc32)n1. The molecule has 15 aromatic rings. The molecule has 5 aromatic heterocycles. The number of nitrogens with zero attached hydrogens (tertiary/aromatic N) is 6. The van der Waals surface area contributed by atoms with Crippen LogP contribution in [0.15, 0.2) is 242 Å². The van der Waals surface area contributed by atoms with Gasteiger partial charge in [0.05, 0.1) is 66.4 Å². The van der Waals surface area contributed by atoms with Gasteiger partial charge in [0.2, 0.25) is 0 Å². The lowest BCUT2D eigenvalue weighted by Crippen LogP contribution is -2.08. The van der Waals surface area contributed by atoms with Crippen LogP contribution < -0.4 is 0 Å². The summed E-state index contributed by atoms with van der Waals surface area (Å²) in [5.74, 6) is 0.776. The average Bonchev–Trinajstić information content (AvgIpc) is 4.42. The van der Waals surface area contributed by atoms with E-state index in [9.17, 15) is 5.48 Å². The summed E-state index contributed by atoms with van der Waals surface area (Å²) in [4.78, 5) is 11.2. The largest absolute Gasteiger partial charge is 0.309 e. The standard InChI is InChI=1S/C64H40N6/c1-2-19-42(20-3-1)67-52-29-11-4-27-50(52)51-38-37-41(39-60(51)67)43-28-18-36-59(68-53-30-12-5-21-44(53)45-22-6-13-31-54(45)68)63(43)64-65-61(69-55-32-14-7-23-46(55)47-24-8-15-33-56(47)69)40-62(66-64)70-57-34-16-9-25-48(57)49-26-10-17-35-58(49)70/h1-40H/i7D,8D,14D,15D,23D,24D,32D,33D. The summed E-state index contributed by atoms with van der Waals surface area (Å²) in [5.41, 5.74) is 9.60. The highest BCUT2D eigenvalue weighted by atomic mass is 15.2. The number of aromatic nitrogens is 6. The smallest absolute Gasteiger partial charge is 0.166 e. The summed E-state index contributed by atoms with van der Waals surface area (Å²) in [6, 6.07) is 62.1. The van der Waals surface area contributed by atoms with Gasteiger partial charge in [0.1, 0.15) is 11.6 Å². The molecule has 0 N–H and O–H groups in total. The average molecular weight is 901 g/mol. The molecule has 6 nitrogen and oxygen atoms in total. The van der Waals surface area contributed by atoms with Crippen molar-refractivity contribution in [3.8, 4) is 45.5 Å². The Morgan fingerprint density at radius 1 is 0.314 bits per heavy atom. The molecule has 5 heterocycles. The fourth-order valence-corrected chi connectivity index (χ4v) is 11.0. The molecule has 6 heteroatoms.